The molecule has 4 heteroatoms. The third-order valence-electron chi connectivity index (χ3n) is 11.3. The first-order valence-electron chi connectivity index (χ1n) is 18.3. The second-order valence-corrected chi connectivity index (χ2v) is 14.6. The Bertz CT molecular complexity index is 3080. The summed E-state index contributed by atoms with van der Waals surface area (Å²) in [4.78, 5) is 9.68. The molecule has 6 aromatic carbocycles. The fourth-order valence-corrected chi connectivity index (χ4v) is 9.13. The summed E-state index contributed by atoms with van der Waals surface area (Å²) in [6, 6.07) is 58.8. The Morgan fingerprint density at radius 1 is 0.491 bits per heavy atom. The summed E-state index contributed by atoms with van der Waals surface area (Å²) in [5.74, 6) is 0. The molecule has 0 aliphatic heterocycles. The maximum atomic E-state index is 5.10. The molecule has 4 heterocycles. The molecule has 0 spiro atoms. The summed E-state index contributed by atoms with van der Waals surface area (Å²) < 4.78 is 5.02. The van der Waals surface area contributed by atoms with Gasteiger partial charge in [-0.15, -0.1) is 0 Å². The lowest BCUT2D eigenvalue weighted by molar-refractivity contribution is 0.667. The van der Waals surface area contributed by atoms with Crippen LogP contribution in [0.15, 0.2) is 170 Å². The fourth-order valence-electron chi connectivity index (χ4n) is 9.13. The van der Waals surface area contributed by atoms with E-state index < -0.39 is 0 Å². The quantitative estimate of drug-likeness (QED) is 0.186. The van der Waals surface area contributed by atoms with Gasteiger partial charge in [-0.3, -0.25) is 4.98 Å². The first-order chi connectivity index (χ1) is 26.1. The van der Waals surface area contributed by atoms with Crippen LogP contribution in [0.1, 0.15) is 25.0 Å². The van der Waals surface area contributed by atoms with Gasteiger partial charge in [0.25, 0.3) is 0 Å². The Morgan fingerprint density at radius 2 is 1.11 bits per heavy atom. The van der Waals surface area contributed by atoms with Gasteiger partial charge in [0, 0.05) is 55.7 Å². The van der Waals surface area contributed by atoms with E-state index in [1.807, 2.05) is 30.5 Å². The van der Waals surface area contributed by atoms with Crippen molar-refractivity contribution in [3.8, 4) is 45.1 Å². The van der Waals surface area contributed by atoms with Crippen molar-refractivity contribution in [2.45, 2.75) is 19.3 Å². The van der Waals surface area contributed by atoms with Crippen molar-refractivity contribution in [2.75, 3.05) is 0 Å². The van der Waals surface area contributed by atoms with Crippen molar-refractivity contribution in [1.29, 1.82) is 0 Å². The second kappa shape index (κ2) is 11.1. The predicted molar refractivity (Wildman–Crippen MR) is 219 cm³/mol. The first kappa shape index (κ1) is 29.9. The van der Waals surface area contributed by atoms with E-state index in [2.05, 4.69) is 167 Å². The zero-order valence-electron chi connectivity index (χ0n) is 29.5. The van der Waals surface area contributed by atoms with Crippen molar-refractivity contribution < 1.29 is 0 Å². The van der Waals surface area contributed by atoms with Gasteiger partial charge < -0.3 is 9.13 Å². The third-order valence-corrected chi connectivity index (χ3v) is 11.3. The molecule has 10 aromatic rings. The molecule has 0 radical (unpaired) electrons. The lowest BCUT2D eigenvalue weighted by Crippen LogP contribution is -2.15. The van der Waals surface area contributed by atoms with Gasteiger partial charge in [0.15, 0.2) is 0 Å². The molecule has 0 unspecified atom stereocenters. The van der Waals surface area contributed by atoms with E-state index in [1.54, 1.807) is 0 Å². The molecule has 0 amide bonds. The molecule has 0 bridgehead atoms. The average Bonchev–Trinajstić information content (AvgIpc) is 3.82. The number of rotatable bonds is 4. The lowest BCUT2D eigenvalue weighted by Gasteiger charge is -2.23. The Balaban J connectivity index is 1.31. The summed E-state index contributed by atoms with van der Waals surface area (Å²) in [5, 5.41) is 5.11. The van der Waals surface area contributed by atoms with Crippen molar-refractivity contribution >= 4 is 43.6 Å². The lowest BCUT2D eigenvalue weighted by atomic mass is 9.80. The Morgan fingerprint density at radius 3 is 1.91 bits per heavy atom. The average molecular weight is 679 g/mol. The SMILES string of the molecule is CC1(C)c2ccccc2-c2c1c1c3ccccc3n(-c3ccccc3)c1c1c3ccccc3n(-c3cccc(-c4cccc(-c5ccccn5)n4)c3)c21. The van der Waals surface area contributed by atoms with Gasteiger partial charge in [0.05, 0.1) is 39.1 Å². The van der Waals surface area contributed by atoms with Crippen LogP contribution in [0.3, 0.4) is 0 Å². The number of nitrogens with zero attached hydrogens (tertiary/aromatic N) is 4. The highest BCUT2D eigenvalue weighted by atomic mass is 15.0. The van der Waals surface area contributed by atoms with E-state index in [-0.39, 0.29) is 5.41 Å². The van der Waals surface area contributed by atoms with E-state index in [9.17, 15) is 0 Å². The molecule has 53 heavy (non-hydrogen) atoms. The Kier molecular flexibility index (Phi) is 6.27. The zero-order valence-corrected chi connectivity index (χ0v) is 29.5. The third kappa shape index (κ3) is 4.18. The topological polar surface area (TPSA) is 35.6 Å². The van der Waals surface area contributed by atoms with Gasteiger partial charge in [0.1, 0.15) is 0 Å². The highest BCUT2D eigenvalue weighted by Gasteiger charge is 2.41. The van der Waals surface area contributed by atoms with E-state index in [0.717, 1.165) is 34.0 Å². The Hall–Kier alpha value is -6.78. The Labute approximate surface area is 307 Å². The van der Waals surface area contributed by atoms with Crippen LogP contribution >= 0.6 is 0 Å². The monoisotopic (exact) mass is 678 g/mol. The summed E-state index contributed by atoms with van der Waals surface area (Å²) in [6.07, 6.45) is 1.82. The van der Waals surface area contributed by atoms with Gasteiger partial charge in [-0.25, -0.2) is 4.98 Å². The molecular formula is C49H34N4. The molecule has 0 atom stereocenters. The highest BCUT2D eigenvalue weighted by Crippen LogP contribution is 2.58. The normalized spacial score (nSPS) is 13.2. The van der Waals surface area contributed by atoms with E-state index in [1.165, 1.54) is 65.9 Å². The molecule has 0 saturated carbocycles. The molecule has 1 aliphatic carbocycles. The van der Waals surface area contributed by atoms with E-state index >= 15 is 0 Å². The van der Waals surface area contributed by atoms with Crippen LogP contribution in [0.5, 0.6) is 0 Å². The van der Waals surface area contributed by atoms with Crippen molar-refractivity contribution in [3.63, 3.8) is 0 Å². The summed E-state index contributed by atoms with van der Waals surface area (Å²) >= 11 is 0. The minimum Gasteiger partial charge on any atom is -0.309 e. The minimum absolute atomic E-state index is 0.233. The largest absolute Gasteiger partial charge is 0.309 e. The summed E-state index contributed by atoms with van der Waals surface area (Å²) in [7, 11) is 0. The predicted octanol–water partition coefficient (Wildman–Crippen LogP) is 12.3. The maximum absolute atomic E-state index is 5.10. The molecular weight excluding hydrogens is 645 g/mol. The number of benzene rings is 6. The molecule has 0 saturated heterocycles. The molecule has 0 N–H and O–H groups in total. The summed E-state index contributed by atoms with van der Waals surface area (Å²) in [6.45, 7) is 4.82. The van der Waals surface area contributed by atoms with Crippen molar-refractivity contribution in [2.24, 2.45) is 0 Å². The van der Waals surface area contributed by atoms with Crippen LogP contribution in [-0.2, 0) is 5.41 Å². The molecule has 4 nitrogen and oxygen atoms in total. The number of hydrogen-bond acceptors (Lipinski definition) is 2. The number of hydrogen-bond donors (Lipinski definition) is 0. The van der Waals surface area contributed by atoms with Crippen LogP contribution in [0.2, 0.25) is 0 Å². The van der Waals surface area contributed by atoms with Gasteiger partial charge in [0.2, 0.25) is 0 Å². The smallest absolute Gasteiger partial charge is 0.0893 e. The van der Waals surface area contributed by atoms with E-state index in [0.29, 0.717) is 0 Å². The second-order valence-electron chi connectivity index (χ2n) is 14.6. The molecule has 1 aliphatic rings. The van der Waals surface area contributed by atoms with Crippen LogP contribution in [0, 0.1) is 0 Å². The summed E-state index contributed by atoms with van der Waals surface area (Å²) in [5.41, 5.74) is 16.0. The fraction of sp³-hybridized carbons (Fsp3) is 0.0612. The molecule has 250 valence electrons. The number of aromatic nitrogens is 4. The first-order valence-corrected chi connectivity index (χ1v) is 18.3. The van der Waals surface area contributed by atoms with Gasteiger partial charge in [-0.05, 0) is 77.4 Å². The van der Waals surface area contributed by atoms with Crippen LogP contribution in [-0.4, -0.2) is 19.1 Å². The molecule has 11 rings (SSSR count). The van der Waals surface area contributed by atoms with Crippen LogP contribution < -0.4 is 0 Å². The van der Waals surface area contributed by atoms with Gasteiger partial charge in [-0.2, -0.15) is 0 Å². The van der Waals surface area contributed by atoms with Crippen molar-refractivity contribution in [1.82, 2.24) is 19.1 Å². The molecule has 0 fully saturated rings. The number of fused-ring (bicyclic) bond motifs is 12. The highest BCUT2D eigenvalue weighted by molar-refractivity contribution is 6.31. The van der Waals surface area contributed by atoms with Crippen LogP contribution in [0.4, 0.5) is 0 Å². The van der Waals surface area contributed by atoms with E-state index in [4.69, 9.17) is 4.98 Å². The number of para-hydroxylation sites is 3. The molecule has 4 aromatic heterocycles. The van der Waals surface area contributed by atoms with Gasteiger partial charge in [-0.1, -0.05) is 117 Å². The van der Waals surface area contributed by atoms with Crippen LogP contribution in [0.25, 0.3) is 88.8 Å². The van der Waals surface area contributed by atoms with Crippen molar-refractivity contribution in [3.05, 3.63) is 181 Å². The standard InChI is InChI=1S/C49H34N4/c1-49(2)37-23-9-6-20-34(37)43-46(49)44-35-21-7-10-27-41(35)52(32-17-4-3-5-18-32)48(44)45-36-22-8-11-28-42(36)53(47(43)45)33-19-14-16-31(30-33)38-25-15-26-40(51-38)39-24-12-13-29-50-39/h3-30H,1-2H3. The maximum Gasteiger partial charge on any atom is 0.0893 e. The van der Waals surface area contributed by atoms with Gasteiger partial charge >= 0.3 is 0 Å². The zero-order chi connectivity index (χ0) is 35.3. The number of pyridine rings is 2. The minimum atomic E-state index is -0.233.